The molecule has 4 rings (SSSR count). The molecule has 0 amide bonds. The van der Waals surface area contributed by atoms with E-state index in [1.165, 1.54) is 56.8 Å². The van der Waals surface area contributed by atoms with Crippen LogP contribution in [0.3, 0.4) is 0 Å². The van der Waals surface area contributed by atoms with E-state index in [2.05, 4.69) is 70.3 Å². The maximum Gasteiger partial charge on any atom is 0.120 e. The molecule has 2 aliphatic rings. The molecular weight excluding hydrogens is 334 g/mol. The van der Waals surface area contributed by atoms with E-state index in [-0.39, 0.29) is 0 Å². The maximum absolute atomic E-state index is 5.99. The van der Waals surface area contributed by atoms with Crippen LogP contribution in [0.4, 0.5) is 0 Å². The average molecular weight is 366 g/mol. The summed E-state index contributed by atoms with van der Waals surface area (Å²) in [6, 6.07) is 19.7. The molecule has 4 heteroatoms. The standard InChI is InChI=1S/C23H31N3O/c1-24-12-14-26(15-13-24)22-10-11-25(18-22)17-21-8-5-9-23(16-21)27-19-20-6-3-2-4-7-20/h2-9,16,22H,10-15,17-19H2,1H3/t22-/m1/s1. The zero-order valence-electron chi connectivity index (χ0n) is 16.4. The Bertz CT molecular complexity index is 713. The fourth-order valence-corrected chi connectivity index (χ4v) is 4.17. The molecule has 4 nitrogen and oxygen atoms in total. The van der Waals surface area contributed by atoms with Crippen molar-refractivity contribution in [3.8, 4) is 5.75 Å². The van der Waals surface area contributed by atoms with Crippen LogP contribution in [-0.4, -0.2) is 67.1 Å². The van der Waals surface area contributed by atoms with Gasteiger partial charge in [0, 0.05) is 51.9 Å². The van der Waals surface area contributed by atoms with Gasteiger partial charge in [0.1, 0.15) is 12.4 Å². The van der Waals surface area contributed by atoms with E-state index in [0.717, 1.165) is 18.3 Å². The molecule has 2 heterocycles. The Morgan fingerprint density at radius 3 is 2.48 bits per heavy atom. The lowest BCUT2D eigenvalue weighted by molar-refractivity contribution is 0.112. The Kier molecular flexibility index (Phi) is 6.07. The summed E-state index contributed by atoms with van der Waals surface area (Å²) in [5.74, 6) is 0.964. The van der Waals surface area contributed by atoms with Crippen LogP contribution in [0.2, 0.25) is 0 Å². The van der Waals surface area contributed by atoms with Crippen LogP contribution in [0.1, 0.15) is 17.5 Å². The minimum Gasteiger partial charge on any atom is -0.489 e. The number of hydrogen-bond acceptors (Lipinski definition) is 4. The first-order valence-corrected chi connectivity index (χ1v) is 10.2. The van der Waals surface area contributed by atoms with Gasteiger partial charge in [0.05, 0.1) is 0 Å². The van der Waals surface area contributed by atoms with Crippen molar-refractivity contribution in [1.29, 1.82) is 0 Å². The van der Waals surface area contributed by atoms with E-state index < -0.39 is 0 Å². The van der Waals surface area contributed by atoms with Gasteiger partial charge in [-0.15, -0.1) is 0 Å². The van der Waals surface area contributed by atoms with Gasteiger partial charge in [-0.1, -0.05) is 42.5 Å². The summed E-state index contributed by atoms with van der Waals surface area (Å²) in [6.45, 7) is 8.89. The highest BCUT2D eigenvalue weighted by atomic mass is 16.5. The van der Waals surface area contributed by atoms with E-state index in [0.29, 0.717) is 6.61 Å². The summed E-state index contributed by atoms with van der Waals surface area (Å²) in [6.07, 6.45) is 1.30. The van der Waals surface area contributed by atoms with Crippen molar-refractivity contribution in [3.63, 3.8) is 0 Å². The molecule has 2 saturated heterocycles. The van der Waals surface area contributed by atoms with Gasteiger partial charge in [0.15, 0.2) is 0 Å². The lowest BCUT2D eigenvalue weighted by Gasteiger charge is -2.36. The van der Waals surface area contributed by atoms with Gasteiger partial charge in [0.25, 0.3) is 0 Å². The summed E-state index contributed by atoms with van der Waals surface area (Å²) in [5.41, 5.74) is 2.55. The fourth-order valence-electron chi connectivity index (χ4n) is 4.17. The van der Waals surface area contributed by atoms with Crippen LogP contribution >= 0.6 is 0 Å². The third kappa shape index (κ3) is 5.10. The molecule has 0 saturated carbocycles. The van der Waals surface area contributed by atoms with Crippen LogP contribution in [0.5, 0.6) is 5.75 Å². The average Bonchev–Trinajstić information content (AvgIpc) is 3.16. The van der Waals surface area contributed by atoms with Gasteiger partial charge in [-0.05, 0) is 36.7 Å². The molecule has 0 N–H and O–H groups in total. The molecule has 1 atom stereocenters. The van der Waals surface area contributed by atoms with Crippen molar-refractivity contribution in [2.45, 2.75) is 25.6 Å². The molecule has 0 radical (unpaired) electrons. The second-order valence-electron chi connectivity index (χ2n) is 7.94. The molecule has 0 aliphatic carbocycles. The molecular formula is C23H31N3O. The zero-order valence-corrected chi connectivity index (χ0v) is 16.4. The van der Waals surface area contributed by atoms with Crippen molar-refractivity contribution in [2.24, 2.45) is 0 Å². The van der Waals surface area contributed by atoms with Crippen LogP contribution in [0, 0.1) is 0 Å². The third-order valence-electron chi connectivity index (χ3n) is 5.85. The normalized spacial score (nSPS) is 22.2. The van der Waals surface area contributed by atoms with Gasteiger partial charge in [-0.2, -0.15) is 0 Å². The minimum absolute atomic E-state index is 0.624. The van der Waals surface area contributed by atoms with E-state index in [9.17, 15) is 0 Å². The SMILES string of the molecule is CN1CCN([C@@H]2CCN(Cc3cccc(OCc4ccccc4)c3)C2)CC1. The Morgan fingerprint density at radius 1 is 0.889 bits per heavy atom. The van der Waals surface area contributed by atoms with Gasteiger partial charge >= 0.3 is 0 Å². The predicted molar refractivity (Wildman–Crippen MR) is 110 cm³/mol. The topological polar surface area (TPSA) is 19.0 Å². The zero-order chi connectivity index (χ0) is 18.5. The number of rotatable bonds is 6. The number of piperazine rings is 1. The lowest BCUT2D eigenvalue weighted by atomic mass is 10.2. The smallest absolute Gasteiger partial charge is 0.120 e. The number of nitrogens with zero attached hydrogens (tertiary/aromatic N) is 3. The number of ether oxygens (including phenoxy) is 1. The predicted octanol–water partition coefficient (Wildman–Crippen LogP) is 3.09. The van der Waals surface area contributed by atoms with Crippen LogP contribution in [-0.2, 0) is 13.2 Å². The van der Waals surface area contributed by atoms with Crippen molar-refractivity contribution >= 4 is 0 Å². The van der Waals surface area contributed by atoms with Crippen molar-refractivity contribution < 1.29 is 4.74 Å². The number of likely N-dealkylation sites (tertiary alicyclic amines) is 1. The number of likely N-dealkylation sites (N-methyl/N-ethyl adjacent to an activating group) is 1. The maximum atomic E-state index is 5.99. The highest BCUT2D eigenvalue weighted by molar-refractivity contribution is 5.29. The highest BCUT2D eigenvalue weighted by Gasteiger charge is 2.29. The first-order valence-electron chi connectivity index (χ1n) is 10.2. The fraction of sp³-hybridized carbons (Fsp3) is 0.478. The molecule has 2 fully saturated rings. The lowest BCUT2D eigenvalue weighted by Crippen LogP contribution is -2.49. The summed E-state index contributed by atoms with van der Waals surface area (Å²) in [7, 11) is 2.23. The molecule has 2 aliphatic heterocycles. The number of benzene rings is 2. The van der Waals surface area contributed by atoms with Crippen molar-refractivity contribution in [2.75, 3.05) is 46.3 Å². The van der Waals surface area contributed by atoms with Crippen molar-refractivity contribution in [3.05, 3.63) is 65.7 Å². The second-order valence-corrected chi connectivity index (χ2v) is 7.94. The summed E-state index contributed by atoms with van der Waals surface area (Å²) >= 11 is 0. The summed E-state index contributed by atoms with van der Waals surface area (Å²) in [4.78, 5) is 7.73. The molecule has 27 heavy (non-hydrogen) atoms. The van der Waals surface area contributed by atoms with Crippen molar-refractivity contribution in [1.82, 2.24) is 14.7 Å². The van der Waals surface area contributed by atoms with Crippen LogP contribution < -0.4 is 4.74 Å². The molecule has 2 aromatic rings. The largest absolute Gasteiger partial charge is 0.489 e. The molecule has 144 valence electrons. The number of hydrogen-bond donors (Lipinski definition) is 0. The minimum atomic E-state index is 0.624. The Hall–Kier alpha value is -1.88. The van der Waals surface area contributed by atoms with Crippen LogP contribution in [0.15, 0.2) is 54.6 Å². The van der Waals surface area contributed by atoms with E-state index in [4.69, 9.17) is 4.74 Å². The summed E-state index contributed by atoms with van der Waals surface area (Å²) in [5, 5.41) is 0. The Balaban J connectivity index is 1.28. The summed E-state index contributed by atoms with van der Waals surface area (Å²) < 4.78 is 5.99. The van der Waals surface area contributed by atoms with Gasteiger partial charge < -0.3 is 9.64 Å². The van der Waals surface area contributed by atoms with E-state index in [1.807, 2.05) is 6.07 Å². The van der Waals surface area contributed by atoms with Crippen LogP contribution in [0.25, 0.3) is 0 Å². The quantitative estimate of drug-likeness (QED) is 0.783. The molecule has 0 unspecified atom stereocenters. The monoisotopic (exact) mass is 365 g/mol. The molecule has 0 aromatic heterocycles. The Morgan fingerprint density at radius 2 is 1.67 bits per heavy atom. The molecule has 0 bridgehead atoms. The van der Waals surface area contributed by atoms with Gasteiger partial charge in [-0.25, -0.2) is 0 Å². The van der Waals surface area contributed by atoms with E-state index in [1.54, 1.807) is 0 Å². The second kappa shape index (κ2) is 8.87. The first-order chi connectivity index (χ1) is 13.3. The first kappa shape index (κ1) is 18.5. The third-order valence-corrected chi connectivity index (χ3v) is 5.85. The molecule has 2 aromatic carbocycles. The van der Waals surface area contributed by atoms with Gasteiger partial charge in [-0.3, -0.25) is 9.80 Å². The Labute approximate surface area is 163 Å². The molecule has 0 spiro atoms. The van der Waals surface area contributed by atoms with E-state index >= 15 is 0 Å². The van der Waals surface area contributed by atoms with Gasteiger partial charge in [0.2, 0.25) is 0 Å². The highest BCUT2D eigenvalue weighted by Crippen LogP contribution is 2.21.